The minimum atomic E-state index is 0.0114. The maximum absolute atomic E-state index is 13.0. The monoisotopic (exact) mass is 464 g/mol. The fourth-order valence-corrected chi connectivity index (χ4v) is 5.10. The molecule has 0 saturated carbocycles. The van der Waals surface area contributed by atoms with E-state index in [1.807, 2.05) is 58.3 Å². The Bertz CT molecular complexity index is 1400. The van der Waals surface area contributed by atoms with Gasteiger partial charge in [0.25, 0.3) is 5.91 Å². The minimum absolute atomic E-state index is 0.0114. The molecule has 2 amide bonds. The minimum Gasteiger partial charge on any atom is -0.338 e. The summed E-state index contributed by atoms with van der Waals surface area (Å²) in [6.07, 6.45) is 7.07. The summed E-state index contributed by atoms with van der Waals surface area (Å²) in [6, 6.07) is 17.5. The van der Waals surface area contributed by atoms with Gasteiger partial charge in [-0.2, -0.15) is 15.4 Å². The summed E-state index contributed by atoms with van der Waals surface area (Å²) in [6.45, 7) is 2.70. The highest BCUT2D eigenvalue weighted by molar-refractivity contribution is 5.97. The first-order valence-electron chi connectivity index (χ1n) is 11.7. The van der Waals surface area contributed by atoms with E-state index in [1.165, 1.54) is 0 Å². The summed E-state index contributed by atoms with van der Waals surface area (Å²) in [4.78, 5) is 33.7. The predicted octanol–water partition coefficient (Wildman–Crippen LogP) is 3.26. The molecule has 4 aromatic rings. The molecule has 2 aromatic heterocycles. The van der Waals surface area contributed by atoms with Gasteiger partial charge in [0, 0.05) is 62.0 Å². The fraction of sp³-hybridized carbons (Fsp3) is 0.222. The second kappa shape index (κ2) is 8.79. The molecule has 6 rings (SSSR count). The van der Waals surface area contributed by atoms with Crippen LogP contribution in [0, 0.1) is 11.8 Å². The first-order chi connectivity index (χ1) is 17.1. The van der Waals surface area contributed by atoms with E-state index >= 15 is 0 Å². The highest BCUT2D eigenvalue weighted by Gasteiger charge is 2.42. The lowest BCUT2D eigenvalue weighted by molar-refractivity contribution is -0.125. The third kappa shape index (κ3) is 4.19. The number of aromatic amines is 1. The molecule has 2 saturated heterocycles. The number of likely N-dealkylation sites (tertiary alicyclic amines) is 2. The van der Waals surface area contributed by atoms with Crippen LogP contribution < -0.4 is 0 Å². The van der Waals surface area contributed by atoms with Gasteiger partial charge in [-0.05, 0) is 53.1 Å². The van der Waals surface area contributed by atoms with Crippen molar-refractivity contribution < 1.29 is 9.59 Å². The summed E-state index contributed by atoms with van der Waals surface area (Å²) >= 11 is 0. The van der Waals surface area contributed by atoms with Crippen molar-refractivity contribution in [3.05, 3.63) is 84.2 Å². The van der Waals surface area contributed by atoms with Gasteiger partial charge in [-0.3, -0.25) is 14.6 Å². The van der Waals surface area contributed by atoms with Crippen molar-refractivity contribution in [1.82, 2.24) is 30.2 Å². The zero-order valence-corrected chi connectivity index (χ0v) is 19.0. The van der Waals surface area contributed by atoms with Crippen molar-refractivity contribution in [2.24, 2.45) is 11.8 Å². The van der Waals surface area contributed by atoms with Crippen LogP contribution in [0.15, 0.2) is 73.1 Å². The molecule has 2 unspecified atom stereocenters. The normalized spacial score (nSPS) is 19.5. The average molecular weight is 465 g/mol. The third-order valence-corrected chi connectivity index (χ3v) is 6.99. The standard InChI is InChI=1S/C27H24N6O2/c34-26(8-3-18-1-4-19(5-2-18)20-9-11-28-12-10-20)32-14-22-16-33(17-23(22)15-32)27(35)21-6-7-24-25(13-21)30-31-29-24/h1-13,22-23H,14-17H2,(H,29,30,31)/b8-3+. The van der Waals surface area contributed by atoms with E-state index in [0.29, 0.717) is 49.1 Å². The van der Waals surface area contributed by atoms with E-state index in [9.17, 15) is 9.59 Å². The maximum atomic E-state index is 13.0. The van der Waals surface area contributed by atoms with Crippen molar-refractivity contribution in [3.63, 3.8) is 0 Å². The lowest BCUT2D eigenvalue weighted by atomic mass is 10.0. The summed E-state index contributed by atoms with van der Waals surface area (Å²) in [5.41, 5.74) is 5.26. The van der Waals surface area contributed by atoms with Crippen molar-refractivity contribution in [3.8, 4) is 11.1 Å². The fourth-order valence-electron chi connectivity index (χ4n) is 5.10. The molecule has 1 N–H and O–H groups in total. The van der Waals surface area contributed by atoms with Crippen LogP contribution in [-0.4, -0.2) is 68.2 Å². The molecule has 8 nitrogen and oxygen atoms in total. The smallest absolute Gasteiger partial charge is 0.253 e. The summed E-state index contributed by atoms with van der Waals surface area (Å²) in [7, 11) is 0. The lowest BCUT2D eigenvalue weighted by Gasteiger charge is -2.21. The van der Waals surface area contributed by atoms with E-state index in [0.717, 1.165) is 22.2 Å². The number of aromatic nitrogens is 4. The average Bonchev–Trinajstić information content (AvgIpc) is 3.62. The molecule has 35 heavy (non-hydrogen) atoms. The van der Waals surface area contributed by atoms with Crippen LogP contribution in [0.4, 0.5) is 0 Å². The van der Waals surface area contributed by atoms with Crippen molar-refractivity contribution >= 4 is 28.9 Å². The van der Waals surface area contributed by atoms with Gasteiger partial charge in [-0.1, -0.05) is 24.3 Å². The van der Waals surface area contributed by atoms with E-state index in [2.05, 4.69) is 20.4 Å². The van der Waals surface area contributed by atoms with Gasteiger partial charge >= 0.3 is 0 Å². The molecular weight excluding hydrogens is 440 g/mol. The Morgan fingerprint density at radius 3 is 2.20 bits per heavy atom. The van der Waals surface area contributed by atoms with Gasteiger partial charge in [0.05, 0.1) is 0 Å². The number of rotatable bonds is 4. The molecule has 0 bridgehead atoms. The zero-order valence-electron chi connectivity index (χ0n) is 19.0. The topological polar surface area (TPSA) is 95.1 Å². The largest absolute Gasteiger partial charge is 0.338 e. The quantitative estimate of drug-likeness (QED) is 0.468. The van der Waals surface area contributed by atoms with E-state index in [1.54, 1.807) is 30.6 Å². The number of hydrogen-bond acceptors (Lipinski definition) is 5. The van der Waals surface area contributed by atoms with Gasteiger partial charge in [0.1, 0.15) is 11.0 Å². The maximum Gasteiger partial charge on any atom is 0.253 e. The zero-order chi connectivity index (χ0) is 23.8. The highest BCUT2D eigenvalue weighted by Crippen LogP contribution is 2.32. The van der Waals surface area contributed by atoms with E-state index in [-0.39, 0.29) is 11.8 Å². The van der Waals surface area contributed by atoms with Gasteiger partial charge in [-0.25, -0.2) is 0 Å². The summed E-state index contributed by atoms with van der Waals surface area (Å²) in [5, 5.41) is 10.7. The number of nitrogens with one attached hydrogen (secondary N) is 1. The van der Waals surface area contributed by atoms with Crippen LogP contribution >= 0.6 is 0 Å². The Morgan fingerprint density at radius 1 is 0.800 bits per heavy atom. The molecule has 2 atom stereocenters. The second-order valence-corrected chi connectivity index (χ2v) is 9.19. The molecule has 2 aliphatic rings. The predicted molar refractivity (Wildman–Crippen MR) is 132 cm³/mol. The molecule has 0 aliphatic carbocycles. The van der Waals surface area contributed by atoms with Gasteiger partial charge in [-0.15, -0.1) is 0 Å². The van der Waals surface area contributed by atoms with Crippen LogP contribution in [0.1, 0.15) is 15.9 Å². The lowest BCUT2D eigenvalue weighted by Crippen LogP contribution is -2.35. The molecule has 8 heteroatoms. The van der Waals surface area contributed by atoms with Crippen LogP contribution in [0.3, 0.4) is 0 Å². The van der Waals surface area contributed by atoms with E-state index in [4.69, 9.17) is 0 Å². The highest BCUT2D eigenvalue weighted by atomic mass is 16.2. The number of carbonyl (C=O) groups is 2. The first kappa shape index (κ1) is 21.2. The summed E-state index contributed by atoms with van der Waals surface area (Å²) < 4.78 is 0. The van der Waals surface area contributed by atoms with Crippen LogP contribution in [0.5, 0.6) is 0 Å². The Hall–Kier alpha value is -4.33. The SMILES string of the molecule is O=C(/C=C/c1ccc(-c2ccncc2)cc1)N1CC2CN(C(=O)c3ccc4n[nH]nc4c3)CC2C1. The Labute approximate surface area is 202 Å². The molecule has 174 valence electrons. The molecule has 2 fully saturated rings. The molecule has 0 radical (unpaired) electrons. The number of nitrogens with zero attached hydrogens (tertiary/aromatic N) is 5. The second-order valence-electron chi connectivity index (χ2n) is 9.19. The van der Waals surface area contributed by atoms with Gasteiger partial charge in [0.2, 0.25) is 5.91 Å². The number of benzene rings is 2. The number of fused-ring (bicyclic) bond motifs is 2. The van der Waals surface area contributed by atoms with Gasteiger partial charge in [0.15, 0.2) is 0 Å². The van der Waals surface area contributed by atoms with Crippen LogP contribution in [-0.2, 0) is 4.79 Å². The number of amides is 2. The molecule has 2 aromatic carbocycles. The van der Waals surface area contributed by atoms with Crippen LogP contribution in [0.25, 0.3) is 28.2 Å². The summed E-state index contributed by atoms with van der Waals surface area (Å²) in [5.74, 6) is 0.655. The van der Waals surface area contributed by atoms with Crippen molar-refractivity contribution in [2.75, 3.05) is 26.2 Å². The Morgan fingerprint density at radius 2 is 1.46 bits per heavy atom. The Kier molecular flexibility index (Phi) is 5.33. The number of pyridine rings is 1. The van der Waals surface area contributed by atoms with Crippen LogP contribution in [0.2, 0.25) is 0 Å². The third-order valence-electron chi connectivity index (χ3n) is 6.99. The van der Waals surface area contributed by atoms with E-state index < -0.39 is 0 Å². The molecule has 0 spiro atoms. The molecular formula is C27H24N6O2. The number of hydrogen-bond donors (Lipinski definition) is 1. The van der Waals surface area contributed by atoms with Crippen molar-refractivity contribution in [2.45, 2.75) is 0 Å². The number of carbonyl (C=O) groups excluding carboxylic acids is 2. The number of H-pyrrole nitrogens is 1. The first-order valence-corrected chi connectivity index (χ1v) is 11.7. The molecule has 2 aliphatic heterocycles. The Balaban J connectivity index is 1.05. The van der Waals surface area contributed by atoms with Gasteiger partial charge < -0.3 is 9.80 Å². The molecule has 4 heterocycles. The van der Waals surface area contributed by atoms with Crippen molar-refractivity contribution in [1.29, 1.82) is 0 Å².